The molecule has 0 heterocycles. The number of amides is 1. The van der Waals surface area contributed by atoms with Crippen molar-refractivity contribution >= 4 is 11.6 Å². The number of hydrogen-bond acceptors (Lipinski definition) is 2. The van der Waals surface area contributed by atoms with E-state index in [1.165, 1.54) is 12.5 Å². The Labute approximate surface area is 116 Å². The summed E-state index contributed by atoms with van der Waals surface area (Å²) in [5.41, 5.74) is 4.34. The van der Waals surface area contributed by atoms with Crippen LogP contribution in [0.2, 0.25) is 0 Å². The summed E-state index contributed by atoms with van der Waals surface area (Å²) in [6.07, 6.45) is -0.980. The molecule has 0 aromatic heterocycles. The molecule has 1 rings (SSSR count). The highest BCUT2D eigenvalue weighted by molar-refractivity contribution is 5.97. The van der Waals surface area contributed by atoms with Gasteiger partial charge in [-0.2, -0.15) is 0 Å². The van der Waals surface area contributed by atoms with Crippen LogP contribution in [-0.4, -0.2) is 24.2 Å². The molecule has 1 atom stereocenters. The van der Waals surface area contributed by atoms with Crippen LogP contribution in [0.1, 0.15) is 44.4 Å². The summed E-state index contributed by atoms with van der Waals surface area (Å²) in [6.45, 7) is 12.0. The lowest BCUT2D eigenvalue weighted by molar-refractivity contribution is -0.125. The summed E-state index contributed by atoms with van der Waals surface area (Å²) in [5, 5.41) is 9.43. The van der Waals surface area contributed by atoms with Crippen LogP contribution in [0.5, 0.6) is 0 Å². The van der Waals surface area contributed by atoms with Gasteiger partial charge in [-0.15, -0.1) is 0 Å². The fraction of sp³-hybridized carbons (Fsp3) is 0.562. The summed E-state index contributed by atoms with van der Waals surface area (Å²) in [5.74, 6) is -0.283. The van der Waals surface area contributed by atoms with Crippen molar-refractivity contribution in [2.45, 2.75) is 53.1 Å². The molecule has 1 aromatic rings. The molecule has 0 saturated heterocycles. The number of hydrogen-bond donors (Lipinski definition) is 1. The quantitative estimate of drug-likeness (QED) is 0.891. The van der Waals surface area contributed by atoms with Gasteiger partial charge in [-0.25, -0.2) is 0 Å². The molecule has 106 valence electrons. The topological polar surface area (TPSA) is 40.5 Å². The lowest BCUT2D eigenvalue weighted by atomic mass is 9.84. The van der Waals surface area contributed by atoms with Crippen LogP contribution in [0.15, 0.2) is 12.1 Å². The predicted octanol–water partition coefficient (Wildman–Crippen LogP) is 2.94. The highest BCUT2D eigenvalue weighted by Gasteiger charge is 2.22. The van der Waals surface area contributed by atoms with Crippen LogP contribution in [0.4, 0.5) is 5.69 Å². The zero-order valence-electron chi connectivity index (χ0n) is 13.0. The van der Waals surface area contributed by atoms with E-state index in [2.05, 4.69) is 32.9 Å². The maximum Gasteiger partial charge on any atom is 0.255 e. The number of aliphatic hydroxyl groups excluding tert-OH is 1. The van der Waals surface area contributed by atoms with Gasteiger partial charge in [0.15, 0.2) is 0 Å². The molecule has 0 saturated carbocycles. The van der Waals surface area contributed by atoms with Crippen LogP contribution in [0.25, 0.3) is 0 Å². The average Bonchev–Trinajstić information content (AvgIpc) is 2.25. The Morgan fingerprint density at radius 3 is 1.95 bits per heavy atom. The normalized spacial score (nSPS) is 13.3. The third-order valence-electron chi connectivity index (χ3n) is 3.38. The first-order valence-corrected chi connectivity index (χ1v) is 6.63. The Hall–Kier alpha value is -1.35. The summed E-state index contributed by atoms with van der Waals surface area (Å²) < 4.78 is 0. The van der Waals surface area contributed by atoms with Crippen molar-refractivity contribution in [1.29, 1.82) is 0 Å². The second kappa shape index (κ2) is 5.33. The fourth-order valence-electron chi connectivity index (χ4n) is 2.31. The van der Waals surface area contributed by atoms with E-state index in [4.69, 9.17) is 0 Å². The van der Waals surface area contributed by atoms with Crippen molar-refractivity contribution in [3.8, 4) is 0 Å². The standard InChI is InChI=1S/C16H25NO2/c1-10-8-13(16(4,5)6)9-11(2)14(10)17(7)15(19)12(3)18/h8-9,12,18H,1-7H3. The smallest absolute Gasteiger partial charge is 0.255 e. The second-order valence-electron chi connectivity index (χ2n) is 6.28. The third-order valence-corrected chi connectivity index (χ3v) is 3.38. The number of carbonyl (C=O) groups excluding carboxylic acids is 1. The van der Waals surface area contributed by atoms with Crippen molar-refractivity contribution in [1.82, 2.24) is 0 Å². The van der Waals surface area contributed by atoms with E-state index < -0.39 is 6.10 Å². The molecule has 0 fully saturated rings. The predicted molar refractivity (Wildman–Crippen MR) is 79.7 cm³/mol. The monoisotopic (exact) mass is 263 g/mol. The van der Waals surface area contributed by atoms with Crippen LogP contribution in [-0.2, 0) is 10.2 Å². The SMILES string of the molecule is Cc1cc(C(C)(C)C)cc(C)c1N(C)C(=O)C(C)O. The number of aryl methyl sites for hydroxylation is 2. The van der Waals surface area contributed by atoms with E-state index in [0.717, 1.165) is 16.8 Å². The zero-order chi connectivity index (χ0) is 15.0. The minimum absolute atomic E-state index is 0.0842. The van der Waals surface area contributed by atoms with Gasteiger partial charge in [-0.05, 0) is 42.9 Å². The van der Waals surface area contributed by atoms with E-state index in [1.807, 2.05) is 13.8 Å². The van der Waals surface area contributed by atoms with Crippen LogP contribution < -0.4 is 4.90 Å². The van der Waals surface area contributed by atoms with E-state index in [-0.39, 0.29) is 11.3 Å². The van der Waals surface area contributed by atoms with Crippen LogP contribution in [0, 0.1) is 13.8 Å². The summed E-state index contributed by atoms with van der Waals surface area (Å²) >= 11 is 0. The van der Waals surface area contributed by atoms with E-state index >= 15 is 0 Å². The molecule has 1 N–H and O–H groups in total. The minimum Gasteiger partial charge on any atom is -0.384 e. The highest BCUT2D eigenvalue weighted by atomic mass is 16.3. The molecule has 1 unspecified atom stereocenters. The molecule has 0 radical (unpaired) electrons. The molecule has 0 aliphatic rings. The number of benzene rings is 1. The number of aliphatic hydroxyl groups is 1. The summed E-state index contributed by atoms with van der Waals surface area (Å²) in [7, 11) is 1.71. The Kier molecular flexibility index (Phi) is 4.41. The van der Waals surface area contributed by atoms with Gasteiger partial charge in [0, 0.05) is 12.7 Å². The summed E-state index contributed by atoms with van der Waals surface area (Å²) in [4.78, 5) is 13.4. The van der Waals surface area contributed by atoms with Gasteiger partial charge in [0.2, 0.25) is 0 Å². The largest absolute Gasteiger partial charge is 0.384 e. The van der Waals surface area contributed by atoms with Crippen molar-refractivity contribution < 1.29 is 9.90 Å². The van der Waals surface area contributed by atoms with E-state index in [1.54, 1.807) is 11.9 Å². The lowest BCUT2D eigenvalue weighted by Gasteiger charge is -2.27. The molecule has 0 spiro atoms. The summed E-state index contributed by atoms with van der Waals surface area (Å²) in [6, 6.07) is 4.24. The molecule has 0 aliphatic carbocycles. The van der Waals surface area contributed by atoms with Gasteiger partial charge >= 0.3 is 0 Å². The van der Waals surface area contributed by atoms with Gasteiger partial charge in [0.25, 0.3) is 5.91 Å². The Bertz CT molecular complexity index is 461. The Balaban J connectivity index is 3.29. The number of nitrogens with zero attached hydrogens (tertiary/aromatic N) is 1. The fourth-order valence-corrected chi connectivity index (χ4v) is 2.31. The molecule has 1 aromatic carbocycles. The highest BCUT2D eigenvalue weighted by Crippen LogP contribution is 2.31. The Morgan fingerprint density at radius 1 is 1.21 bits per heavy atom. The van der Waals surface area contributed by atoms with Gasteiger partial charge in [0.1, 0.15) is 6.10 Å². The maximum absolute atomic E-state index is 11.9. The lowest BCUT2D eigenvalue weighted by Crippen LogP contribution is -2.35. The number of anilines is 1. The number of likely N-dealkylation sites (N-methyl/N-ethyl adjacent to an activating group) is 1. The molecule has 1 amide bonds. The van der Waals surface area contributed by atoms with Gasteiger partial charge in [-0.1, -0.05) is 32.9 Å². The number of rotatable bonds is 2. The minimum atomic E-state index is -0.980. The van der Waals surface area contributed by atoms with Crippen LogP contribution in [0.3, 0.4) is 0 Å². The van der Waals surface area contributed by atoms with Gasteiger partial charge < -0.3 is 10.0 Å². The second-order valence-corrected chi connectivity index (χ2v) is 6.28. The van der Waals surface area contributed by atoms with E-state index in [9.17, 15) is 9.90 Å². The number of carbonyl (C=O) groups is 1. The molecular formula is C16H25NO2. The Morgan fingerprint density at radius 2 is 1.63 bits per heavy atom. The third kappa shape index (κ3) is 3.35. The van der Waals surface area contributed by atoms with Crippen molar-refractivity contribution in [3.05, 3.63) is 28.8 Å². The molecular weight excluding hydrogens is 238 g/mol. The first-order valence-electron chi connectivity index (χ1n) is 6.63. The van der Waals surface area contributed by atoms with E-state index in [0.29, 0.717) is 0 Å². The average molecular weight is 263 g/mol. The van der Waals surface area contributed by atoms with Crippen molar-refractivity contribution in [3.63, 3.8) is 0 Å². The zero-order valence-corrected chi connectivity index (χ0v) is 13.0. The molecule has 0 aliphatic heterocycles. The molecule has 3 nitrogen and oxygen atoms in total. The maximum atomic E-state index is 11.9. The molecule has 19 heavy (non-hydrogen) atoms. The molecule has 0 bridgehead atoms. The van der Waals surface area contributed by atoms with Gasteiger partial charge in [-0.3, -0.25) is 4.79 Å². The molecule has 3 heteroatoms. The van der Waals surface area contributed by atoms with Crippen LogP contribution >= 0.6 is 0 Å². The van der Waals surface area contributed by atoms with Crippen molar-refractivity contribution in [2.75, 3.05) is 11.9 Å². The first kappa shape index (κ1) is 15.7. The van der Waals surface area contributed by atoms with Gasteiger partial charge in [0.05, 0.1) is 0 Å². The first-order chi connectivity index (χ1) is 8.55. The van der Waals surface area contributed by atoms with Crippen molar-refractivity contribution in [2.24, 2.45) is 0 Å².